The third-order valence-electron chi connectivity index (χ3n) is 5.57. The van der Waals surface area contributed by atoms with Crippen LogP contribution in [-0.4, -0.2) is 47.3 Å². The fraction of sp³-hybridized carbons (Fsp3) is 0.565. The number of benzene rings is 1. The molecule has 1 aromatic heterocycles. The fourth-order valence-electron chi connectivity index (χ4n) is 4.45. The van der Waals surface area contributed by atoms with Gasteiger partial charge in [-0.1, -0.05) is 32.0 Å². The van der Waals surface area contributed by atoms with Crippen molar-refractivity contribution in [2.75, 3.05) is 31.9 Å². The predicted octanol–water partition coefficient (Wildman–Crippen LogP) is 3.60. The second-order valence-corrected chi connectivity index (χ2v) is 9.32. The number of likely N-dealkylation sites (tertiary alicyclic amines) is 1. The number of aryl methyl sites for hydroxylation is 1. The first-order valence-electron chi connectivity index (χ1n) is 10.7. The summed E-state index contributed by atoms with van der Waals surface area (Å²) >= 11 is 1.44. The van der Waals surface area contributed by atoms with Crippen LogP contribution in [-0.2, 0) is 11.3 Å². The van der Waals surface area contributed by atoms with Crippen molar-refractivity contribution in [1.82, 2.24) is 14.8 Å². The lowest BCUT2D eigenvalue weighted by atomic mass is 9.92. The average molecular weight is 416 g/mol. The molecule has 29 heavy (non-hydrogen) atoms. The Morgan fingerprint density at radius 3 is 2.66 bits per heavy atom. The Hall–Kier alpha value is -1.79. The number of carbonyl (C=O) groups is 1. The Kier molecular flexibility index (Phi) is 7.78. The standard InChI is InChI=1S/C23H33N3O2S/c1-4-26-20-9-6-5-8-19(20)21(13-23(26)28)29-16-22(27)24-10-7-11-25-14-17(2)12-18(3)15-25/h5-6,8-9,13,17-18H,4,7,10-12,14-16H2,1-3H3,(H,24,27)/t17-,18+. The highest BCUT2D eigenvalue weighted by Crippen LogP contribution is 2.26. The quantitative estimate of drug-likeness (QED) is 0.529. The van der Waals surface area contributed by atoms with Crippen molar-refractivity contribution in [2.24, 2.45) is 11.8 Å². The summed E-state index contributed by atoms with van der Waals surface area (Å²) in [5.41, 5.74) is 0.912. The molecule has 0 radical (unpaired) electrons. The van der Waals surface area contributed by atoms with E-state index in [4.69, 9.17) is 0 Å². The van der Waals surface area contributed by atoms with Crippen LogP contribution in [0.25, 0.3) is 10.9 Å². The number of nitrogens with one attached hydrogen (secondary N) is 1. The van der Waals surface area contributed by atoms with Gasteiger partial charge in [0.2, 0.25) is 5.91 Å². The number of para-hydroxylation sites is 1. The smallest absolute Gasteiger partial charge is 0.252 e. The van der Waals surface area contributed by atoms with Crippen LogP contribution in [0.15, 0.2) is 40.0 Å². The lowest BCUT2D eigenvalue weighted by Gasteiger charge is -2.34. The molecule has 158 valence electrons. The van der Waals surface area contributed by atoms with E-state index >= 15 is 0 Å². The molecule has 1 N–H and O–H groups in total. The molecule has 2 aromatic rings. The zero-order chi connectivity index (χ0) is 20.8. The summed E-state index contributed by atoms with van der Waals surface area (Å²) in [6.45, 7) is 11.3. The van der Waals surface area contributed by atoms with E-state index in [0.717, 1.165) is 40.6 Å². The van der Waals surface area contributed by atoms with Gasteiger partial charge in [-0.05, 0) is 44.2 Å². The summed E-state index contributed by atoms with van der Waals surface area (Å²) < 4.78 is 1.77. The average Bonchev–Trinajstić information content (AvgIpc) is 2.69. The normalized spacial score (nSPS) is 20.1. The minimum Gasteiger partial charge on any atom is -0.355 e. The minimum absolute atomic E-state index is 0.0147. The van der Waals surface area contributed by atoms with Gasteiger partial charge in [-0.15, -0.1) is 11.8 Å². The number of fused-ring (bicyclic) bond motifs is 1. The Labute approximate surface area is 177 Å². The van der Waals surface area contributed by atoms with Crippen molar-refractivity contribution < 1.29 is 4.79 Å². The van der Waals surface area contributed by atoms with E-state index in [9.17, 15) is 9.59 Å². The molecule has 0 saturated carbocycles. The summed E-state index contributed by atoms with van der Waals surface area (Å²) in [4.78, 5) is 28.1. The predicted molar refractivity (Wildman–Crippen MR) is 122 cm³/mol. The zero-order valence-corrected chi connectivity index (χ0v) is 18.6. The zero-order valence-electron chi connectivity index (χ0n) is 17.8. The van der Waals surface area contributed by atoms with E-state index in [1.54, 1.807) is 10.6 Å². The number of rotatable bonds is 8. The largest absolute Gasteiger partial charge is 0.355 e. The van der Waals surface area contributed by atoms with Gasteiger partial charge >= 0.3 is 0 Å². The van der Waals surface area contributed by atoms with Gasteiger partial charge in [0.25, 0.3) is 5.56 Å². The van der Waals surface area contributed by atoms with Crippen molar-refractivity contribution in [1.29, 1.82) is 0 Å². The fourth-order valence-corrected chi connectivity index (χ4v) is 5.35. The molecule has 6 heteroatoms. The van der Waals surface area contributed by atoms with E-state index in [2.05, 4.69) is 24.1 Å². The third kappa shape index (κ3) is 5.86. The molecule has 2 heterocycles. The number of aromatic nitrogens is 1. The lowest BCUT2D eigenvalue weighted by Crippen LogP contribution is -2.40. The van der Waals surface area contributed by atoms with E-state index < -0.39 is 0 Å². The van der Waals surface area contributed by atoms with Gasteiger partial charge in [-0.25, -0.2) is 0 Å². The second kappa shape index (κ2) is 10.3. The van der Waals surface area contributed by atoms with E-state index in [1.165, 1.54) is 31.3 Å². The summed E-state index contributed by atoms with van der Waals surface area (Å²) in [6, 6.07) is 9.55. The number of amides is 1. The van der Waals surface area contributed by atoms with Crippen LogP contribution in [0, 0.1) is 11.8 Å². The maximum atomic E-state index is 12.4. The number of nitrogens with zero attached hydrogens (tertiary/aromatic N) is 2. The molecular weight excluding hydrogens is 382 g/mol. The van der Waals surface area contributed by atoms with Gasteiger partial charge in [0.1, 0.15) is 0 Å². The first kappa shape index (κ1) is 21.9. The van der Waals surface area contributed by atoms with Crippen LogP contribution in [0.2, 0.25) is 0 Å². The topological polar surface area (TPSA) is 54.3 Å². The van der Waals surface area contributed by atoms with E-state index in [-0.39, 0.29) is 11.5 Å². The maximum absolute atomic E-state index is 12.4. The van der Waals surface area contributed by atoms with Crippen LogP contribution >= 0.6 is 11.8 Å². The molecule has 2 atom stereocenters. The van der Waals surface area contributed by atoms with Crippen molar-refractivity contribution in [3.05, 3.63) is 40.7 Å². The maximum Gasteiger partial charge on any atom is 0.252 e. The molecule has 3 rings (SSSR count). The number of thioether (sulfide) groups is 1. The molecule has 1 saturated heterocycles. The molecule has 0 bridgehead atoms. The molecular formula is C23H33N3O2S. The molecule has 1 amide bonds. The van der Waals surface area contributed by atoms with Gasteiger partial charge in [-0.3, -0.25) is 9.59 Å². The monoisotopic (exact) mass is 415 g/mol. The van der Waals surface area contributed by atoms with Gasteiger partial charge in [0, 0.05) is 42.5 Å². The van der Waals surface area contributed by atoms with Crippen molar-refractivity contribution >= 4 is 28.6 Å². The van der Waals surface area contributed by atoms with Gasteiger partial charge in [0.15, 0.2) is 0 Å². The molecule has 1 aromatic carbocycles. The first-order valence-corrected chi connectivity index (χ1v) is 11.7. The van der Waals surface area contributed by atoms with E-state index in [1.807, 2.05) is 31.2 Å². The number of hydrogen-bond donors (Lipinski definition) is 1. The molecule has 5 nitrogen and oxygen atoms in total. The van der Waals surface area contributed by atoms with Crippen LogP contribution in [0.1, 0.15) is 33.6 Å². The van der Waals surface area contributed by atoms with Crippen LogP contribution in [0.4, 0.5) is 0 Å². The Bertz CT molecular complexity index is 885. The molecule has 1 aliphatic heterocycles. The highest BCUT2D eigenvalue weighted by Gasteiger charge is 2.21. The minimum atomic E-state index is -0.0147. The summed E-state index contributed by atoms with van der Waals surface area (Å²) in [5.74, 6) is 1.89. The highest BCUT2D eigenvalue weighted by atomic mass is 32.2. The van der Waals surface area contributed by atoms with Crippen LogP contribution in [0.3, 0.4) is 0 Å². The third-order valence-corrected chi connectivity index (χ3v) is 6.63. The lowest BCUT2D eigenvalue weighted by molar-refractivity contribution is -0.118. The number of carbonyl (C=O) groups excluding carboxylic acids is 1. The molecule has 1 fully saturated rings. The summed E-state index contributed by atoms with van der Waals surface area (Å²) in [6.07, 6.45) is 2.30. The first-order chi connectivity index (χ1) is 14.0. The Morgan fingerprint density at radius 2 is 1.93 bits per heavy atom. The van der Waals surface area contributed by atoms with Crippen LogP contribution in [0.5, 0.6) is 0 Å². The number of hydrogen-bond acceptors (Lipinski definition) is 4. The second-order valence-electron chi connectivity index (χ2n) is 8.31. The molecule has 0 spiro atoms. The SMILES string of the molecule is CCn1c(=O)cc(SCC(=O)NCCCN2C[C@H](C)C[C@H](C)C2)c2ccccc21. The number of piperidine rings is 1. The van der Waals surface area contributed by atoms with Gasteiger partial charge in [-0.2, -0.15) is 0 Å². The molecule has 0 unspecified atom stereocenters. The van der Waals surface area contributed by atoms with Gasteiger partial charge in [0.05, 0.1) is 11.3 Å². The van der Waals surface area contributed by atoms with Crippen molar-refractivity contribution in [3.8, 4) is 0 Å². The van der Waals surface area contributed by atoms with Crippen molar-refractivity contribution in [2.45, 2.75) is 45.1 Å². The van der Waals surface area contributed by atoms with Gasteiger partial charge < -0.3 is 14.8 Å². The molecule has 0 aliphatic carbocycles. The van der Waals surface area contributed by atoms with Crippen LogP contribution < -0.4 is 10.9 Å². The van der Waals surface area contributed by atoms with E-state index in [0.29, 0.717) is 18.8 Å². The number of pyridine rings is 1. The summed E-state index contributed by atoms with van der Waals surface area (Å²) in [5, 5.41) is 4.06. The Morgan fingerprint density at radius 1 is 1.21 bits per heavy atom. The van der Waals surface area contributed by atoms with Crippen molar-refractivity contribution in [3.63, 3.8) is 0 Å². The molecule has 1 aliphatic rings. The Balaban J connectivity index is 1.48. The highest BCUT2D eigenvalue weighted by molar-refractivity contribution is 8.00. The summed E-state index contributed by atoms with van der Waals surface area (Å²) in [7, 11) is 0.